The molecule has 0 spiro atoms. The summed E-state index contributed by atoms with van der Waals surface area (Å²) in [6.07, 6.45) is 3.38. The smallest absolute Gasteiger partial charge is 0.338 e. The van der Waals surface area contributed by atoms with Crippen molar-refractivity contribution in [3.8, 4) is 0 Å². The van der Waals surface area contributed by atoms with Gasteiger partial charge in [-0.25, -0.2) is 4.79 Å². The molecule has 0 fully saturated rings. The standard InChI is InChI=1S/C12H17N3O3/c1-2-13-5-3-6-15-11(16)9-4-7-14-8-10(9)12(17)18/h4,7-8,13H,2-3,5-6H2,1H3,(H,15,16)(H,17,18). The maximum absolute atomic E-state index is 11.8. The number of aromatic carboxylic acids is 1. The lowest BCUT2D eigenvalue weighted by atomic mass is 10.1. The average molecular weight is 251 g/mol. The lowest BCUT2D eigenvalue weighted by molar-refractivity contribution is 0.0690. The highest BCUT2D eigenvalue weighted by Gasteiger charge is 2.15. The number of carbonyl (C=O) groups excluding carboxylic acids is 1. The third-order valence-electron chi connectivity index (χ3n) is 2.36. The second kappa shape index (κ2) is 7.39. The Morgan fingerprint density at radius 2 is 2.11 bits per heavy atom. The zero-order chi connectivity index (χ0) is 13.4. The van der Waals surface area contributed by atoms with Crippen molar-refractivity contribution in [2.75, 3.05) is 19.6 Å². The zero-order valence-electron chi connectivity index (χ0n) is 10.3. The van der Waals surface area contributed by atoms with Crippen LogP contribution in [-0.2, 0) is 0 Å². The van der Waals surface area contributed by atoms with Crippen LogP contribution < -0.4 is 10.6 Å². The van der Waals surface area contributed by atoms with Crippen LogP contribution in [0.1, 0.15) is 34.1 Å². The maximum atomic E-state index is 11.8. The minimum Gasteiger partial charge on any atom is -0.478 e. The van der Waals surface area contributed by atoms with Gasteiger partial charge in [-0.2, -0.15) is 0 Å². The normalized spacial score (nSPS) is 10.1. The Morgan fingerprint density at radius 1 is 1.33 bits per heavy atom. The van der Waals surface area contributed by atoms with Crippen LogP contribution in [0.3, 0.4) is 0 Å². The second-order valence-electron chi connectivity index (χ2n) is 3.69. The Kier molecular flexibility index (Phi) is 5.79. The van der Waals surface area contributed by atoms with Gasteiger partial charge in [-0.1, -0.05) is 6.92 Å². The molecule has 6 nitrogen and oxygen atoms in total. The van der Waals surface area contributed by atoms with Gasteiger partial charge in [0.05, 0.1) is 11.1 Å². The molecule has 0 bridgehead atoms. The molecule has 1 aromatic rings. The quantitative estimate of drug-likeness (QED) is 0.614. The van der Waals surface area contributed by atoms with E-state index in [1.54, 1.807) is 0 Å². The van der Waals surface area contributed by atoms with Gasteiger partial charge in [-0.05, 0) is 25.6 Å². The van der Waals surface area contributed by atoms with Crippen LogP contribution in [0.2, 0.25) is 0 Å². The number of nitrogens with zero attached hydrogens (tertiary/aromatic N) is 1. The van der Waals surface area contributed by atoms with E-state index >= 15 is 0 Å². The zero-order valence-corrected chi connectivity index (χ0v) is 10.3. The molecule has 1 amide bonds. The number of hydrogen-bond donors (Lipinski definition) is 3. The molecule has 0 radical (unpaired) electrons. The van der Waals surface area contributed by atoms with E-state index in [0.29, 0.717) is 6.54 Å². The van der Waals surface area contributed by atoms with E-state index in [4.69, 9.17) is 5.11 Å². The number of hydrogen-bond acceptors (Lipinski definition) is 4. The van der Waals surface area contributed by atoms with E-state index in [9.17, 15) is 9.59 Å². The molecule has 0 unspecified atom stereocenters. The first-order valence-electron chi connectivity index (χ1n) is 5.83. The van der Waals surface area contributed by atoms with E-state index in [1.165, 1.54) is 18.5 Å². The first-order chi connectivity index (χ1) is 8.66. The number of rotatable bonds is 7. The number of pyridine rings is 1. The number of carboxylic acids is 1. The summed E-state index contributed by atoms with van der Waals surface area (Å²) >= 11 is 0. The van der Waals surface area contributed by atoms with Gasteiger partial charge >= 0.3 is 5.97 Å². The monoisotopic (exact) mass is 251 g/mol. The number of amides is 1. The molecule has 1 heterocycles. The van der Waals surface area contributed by atoms with Crippen molar-refractivity contribution in [3.63, 3.8) is 0 Å². The summed E-state index contributed by atoms with van der Waals surface area (Å²) in [5, 5.41) is 14.7. The van der Waals surface area contributed by atoms with Crippen LogP contribution in [0.25, 0.3) is 0 Å². The number of aromatic nitrogens is 1. The lowest BCUT2D eigenvalue weighted by Gasteiger charge is -2.07. The first kappa shape index (κ1) is 14.1. The second-order valence-corrected chi connectivity index (χ2v) is 3.69. The molecular weight excluding hydrogens is 234 g/mol. The predicted molar refractivity (Wildman–Crippen MR) is 66.7 cm³/mol. The molecule has 1 rings (SSSR count). The summed E-state index contributed by atoms with van der Waals surface area (Å²) in [6, 6.07) is 1.41. The molecular formula is C12H17N3O3. The molecule has 3 N–H and O–H groups in total. The summed E-state index contributed by atoms with van der Waals surface area (Å²) in [7, 11) is 0. The predicted octanol–water partition coefficient (Wildman–Crippen LogP) is 0.509. The van der Waals surface area contributed by atoms with Crippen molar-refractivity contribution in [2.24, 2.45) is 0 Å². The molecule has 0 saturated heterocycles. The maximum Gasteiger partial charge on any atom is 0.338 e. The fourth-order valence-corrected chi connectivity index (χ4v) is 1.45. The van der Waals surface area contributed by atoms with Crippen molar-refractivity contribution in [3.05, 3.63) is 29.6 Å². The van der Waals surface area contributed by atoms with E-state index in [-0.39, 0.29) is 17.0 Å². The molecule has 0 aromatic carbocycles. The third kappa shape index (κ3) is 4.14. The first-order valence-corrected chi connectivity index (χ1v) is 5.83. The van der Waals surface area contributed by atoms with Gasteiger partial charge in [0.1, 0.15) is 0 Å². The summed E-state index contributed by atoms with van der Waals surface area (Å²) in [5.74, 6) is -1.54. The Labute approximate surface area is 105 Å². The van der Waals surface area contributed by atoms with E-state index in [0.717, 1.165) is 19.5 Å². The molecule has 18 heavy (non-hydrogen) atoms. The highest BCUT2D eigenvalue weighted by Crippen LogP contribution is 2.06. The van der Waals surface area contributed by atoms with Crippen LogP contribution in [0.5, 0.6) is 0 Å². The lowest BCUT2D eigenvalue weighted by Crippen LogP contribution is -2.28. The van der Waals surface area contributed by atoms with Crippen LogP contribution in [0.15, 0.2) is 18.5 Å². The topological polar surface area (TPSA) is 91.3 Å². The number of carboxylic acid groups (broad SMARTS) is 1. The Bertz CT molecular complexity index is 421. The summed E-state index contributed by atoms with van der Waals surface area (Å²) in [5.41, 5.74) is 0.0580. The van der Waals surface area contributed by atoms with Gasteiger partial charge in [0.25, 0.3) is 5.91 Å². The van der Waals surface area contributed by atoms with Crippen molar-refractivity contribution < 1.29 is 14.7 Å². The minimum absolute atomic E-state index is 0.0818. The van der Waals surface area contributed by atoms with Gasteiger partial charge in [-0.15, -0.1) is 0 Å². The molecule has 98 valence electrons. The van der Waals surface area contributed by atoms with Gasteiger partial charge in [0.15, 0.2) is 0 Å². The summed E-state index contributed by atoms with van der Waals surface area (Å²) < 4.78 is 0. The van der Waals surface area contributed by atoms with Gasteiger partial charge in [-0.3, -0.25) is 9.78 Å². The van der Waals surface area contributed by atoms with Crippen molar-refractivity contribution in [2.45, 2.75) is 13.3 Å². The van der Waals surface area contributed by atoms with Crippen molar-refractivity contribution in [1.82, 2.24) is 15.6 Å². The van der Waals surface area contributed by atoms with Crippen LogP contribution in [0, 0.1) is 0 Å². The molecule has 0 aliphatic carbocycles. The van der Waals surface area contributed by atoms with Crippen molar-refractivity contribution >= 4 is 11.9 Å². The molecule has 0 atom stereocenters. The largest absolute Gasteiger partial charge is 0.478 e. The highest BCUT2D eigenvalue weighted by atomic mass is 16.4. The van der Waals surface area contributed by atoms with Crippen LogP contribution >= 0.6 is 0 Å². The Morgan fingerprint density at radius 3 is 2.78 bits per heavy atom. The SMILES string of the molecule is CCNCCCNC(=O)c1ccncc1C(=O)O. The van der Waals surface area contributed by atoms with E-state index in [1.807, 2.05) is 6.92 Å². The van der Waals surface area contributed by atoms with Gasteiger partial charge < -0.3 is 15.7 Å². The fraction of sp³-hybridized carbons (Fsp3) is 0.417. The van der Waals surface area contributed by atoms with E-state index < -0.39 is 5.97 Å². The third-order valence-corrected chi connectivity index (χ3v) is 2.36. The van der Waals surface area contributed by atoms with Gasteiger partial charge in [0.2, 0.25) is 0 Å². The summed E-state index contributed by atoms with van der Waals surface area (Å²) in [6.45, 7) is 4.22. The average Bonchev–Trinajstić information content (AvgIpc) is 2.38. The number of carbonyl (C=O) groups is 2. The van der Waals surface area contributed by atoms with E-state index in [2.05, 4.69) is 15.6 Å². The Hall–Kier alpha value is -1.95. The number of nitrogens with one attached hydrogen (secondary N) is 2. The molecule has 0 aliphatic rings. The van der Waals surface area contributed by atoms with Crippen LogP contribution in [-0.4, -0.2) is 41.6 Å². The molecule has 0 saturated carbocycles. The molecule has 0 aliphatic heterocycles. The molecule has 1 aromatic heterocycles. The molecule has 6 heteroatoms. The highest BCUT2D eigenvalue weighted by molar-refractivity contribution is 6.04. The minimum atomic E-state index is -1.15. The fourth-order valence-electron chi connectivity index (χ4n) is 1.45. The summed E-state index contributed by atoms with van der Waals surface area (Å²) in [4.78, 5) is 26.4. The Balaban J connectivity index is 2.54. The van der Waals surface area contributed by atoms with Gasteiger partial charge in [0, 0.05) is 18.9 Å². The van der Waals surface area contributed by atoms with Crippen LogP contribution in [0.4, 0.5) is 0 Å². The van der Waals surface area contributed by atoms with Crippen molar-refractivity contribution in [1.29, 1.82) is 0 Å².